The first kappa shape index (κ1) is 16.0. The molecule has 2 atom stereocenters. The van der Waals surface area contributed by atoms with Crippen molar-refractivity contribution in [2.75, 3.05) is 27.6 Å². The van der Waals surface area contributed by atoms with Gasteiger partial charge in [-0.15, -0.1) is 0 Å². The summed E-state index contributed by atoms with van der Waals surface area (Å²) in [4.78, 5) is 17.2. The van der Waals surface area contributed by atoms with Gasteiger partial charge in [0.15, 0.2) is 23.0 Å². The molecule has 3 aliphatic rings. The Balaban J connectivity index is 1.70. The Bertz CT molecular complexity index is 983. The zero-order valence-corrected chi connectivity index (χ0v) is 14.9. The van der Waals surface area contributed by atoms with Crippen LogP contribution in [0.1, 0.15) is 17.0 Å². The van der Waals surface area contributed by atoms with E-state index in [0.717, 1.165) is 22.5 Å². The molecule has 7 heteroatoms. The predicted octanol–water partition coefficient (Wildman–Crippen LogP) is 2.82. The van der Waals surface area contributed by atoms with Gasteiger partial charge in [-0.05, 0) is 29.3 Å². The first-order valence-electron chi connectivity index (χ1n) is 8.59. The van der Waals surface area contributed by atoms with Crippen LogP contribution in [-0.4, -0.2) is 39.3 Å². The van der Waals surface area contributed by atoms with Crippen LogP contribution < -0.4 is 18.9 Å². The summed E-state index contributed by atoms with van der Waals surface area (Å²) >= 11 is 0. The third-order valence-corrected chi connectivity index (χ3v) is 5.20. The molecule has 7 nitrogen and oxygen atoms in total. The van der Waals surface area contributed by atoms with Crippen LogP contribution in [0.5, 0.6) is 23.0 Å². The molecule has 0 saturated carbocycles. The molecule has 5 rings (SSSR count). The second kappa shape index (κ2) is 5.90. The number of carbonyl (C=O) groups is 1. The number of hydrogen-bond donors (Lipinski definition) is 0. The Kier molecular flexibility index (Phi) is 3.50. The number of benzene rings is 2. The van der Waals surface area contributed by atoms with Gasteiger partial charge in [0.25, 0.3) is 0 Å². The molecule has 2 aromatic carbocycles. The van der Waals surface area contributed by atoms with E-state index in [1.165, 1.54) is 0 Å². The second-order valence-corrected chi connectivity index (χ2v) is 6.54. The zero-order valence-electron chi connectivity index (χ0n) is 14.9. The van der Waals surface area contributed by atoms with Gasteiger partial charge in [0, 0.05) is 12.0 Å². The van der Waals surface area contributed by atoms with Gasteiger partial charge in [-0.1, -0.05) is 6.07 Å². The van der Waals surface area contributed by atoms with E-state index in [1.807, 2.05) is 30.3 Å². The van der Waals surface area contributed by atoms with E-state index in [0.29, 0.717) is 23.0 Å². The summed E-state index contributed by atoms with van der Waals surface area (Å²) in [5, 5.41) is 0. The summed E-state index contributed by atoms with van der Waals surface area (Å²) < 4.78 is 27.1. The molecule has 0 N–H and O–H groups in total. The Morgan fingerprint density at radius 2 is 1.74 bits per heavy atom. The number of methoxy groups -OCH3 is 2. The smallest absolute Gasteiger partial charge is 0.316 e. The molecule has 0 amide bonds. The standard InChI is InChI=1S/C20H17NO6/c1-23-14-4-3-10(5-15(14)24-2)18-11-6-16-17(27-9-26-16)7-12(11)21-13-8-25-20(22)19(13)18/h3-7,18-19H,8-9H2,1-2H3. The molecule has 2 aromatic rings. The normalized spacial score (nSPS) is 21.9. The number of esters is 1. The maximum atomic E-state index is 12.5. The van der Waals surface area contributed by atoms with Crippen molar-refractivity contribution in [2.24, 2.45) is 10.9 Å². The fourth-order valence-corrected chi connectivity index (χ4v) is 3.94. The minimum absolute atomic E-state index is 0.182. The van der Waals surface area contributed by atoms with Crippen molar-refractivity contribution in [1.29, 1.82) is 0 Å². The van der Waals surface area contributed by atoms with Crippen molar-refractivity contribution < 1.29 is 28.5 Å². The Morgan fingerprint density at radius 1 is 0.963 bits per heavy atom. The number of nitrogens with zero attached hydrogens (tertiary/aromatic N) is 1. The number of cyclic esters (lactones) is 1. The lowest BCUT2D eigenvalue weighted by Gasteiger charge is -2.28. The van der Waals surface area contributed by atoms with E-state index in [2.05, 4.69) is 4.99 Å². The summed E-state index contributed by atoms with van der Waals surface area (Å²) in [5.41, 5.74) is 3.32. The van der Waals surface area contributed by atoms with Gasteiger partial charge in [0.05, 0.1) is 25.6 Å². The van der Waals surface area contributed by atoms with Crippen LogP contribution in [0.3, 0.4) is 0 Å². The lowest BCUT2D eigenvalue weighted by atomic mass is 9.76. The molecule has 2 unspecified atom stereocenters. The van der Waals surface area contributed by atoms with Crippen molar-refractivity contribution in [3.63, 3.8) is 0 Å². The number of carbonyl (C=O) groups excluding carboxylic acids is 1. The fraction of sp³-hybridized carbons (Fsp3) is 0.300. The van der Waals surface area contributed by atoms with E-state index in [1.54, 1.807) is 14.2 Å². The number of hydrogen-bond acceptors (Lipinski definition) is 7. The number of ether oxygens (including phenoxy) is 5. The van der Waals surface area contributed by atoms with Crippen LogP contribution in [0.4, 0.5) is 5.69 Å². The fourth-order valence-electron chi connectivity index (χ4n) is 3.94. The minimum atomic E-state index is -0.462. The molecular weight excluding hydrogens is 350 g/mol. The van der Waals surface area contributed by atoms with Gasteiger partial charge in [0.1, 0.15) is 12.5 Å². The average Bonchev–Trinajstić information content (AvgIpc) is 3.30. The molecule has 27 heavy (non-hydrogen) atoms. The SMILES string of the molecule is COc1ccc(C2c3cc4c(cc3N=C3COC(=O)C32)OCO4)cc1OC. The quantitative estimate of drug-likeness (QED) is 0.777. The number of aliphatic imine (C=N–C) groups is 1. The molecule has 0 aliphatic carbocycles. The zero-order chi connectivity index (χ0) is 18.5. The topological polar surface area (TPSA) is 75.6 Å². The predicted molar refractivity (Wildman–Crippen MR) is 95.5 cm³/mol. The van der Waals surface area contributed by atoms with Gasteiger partial charge < -0.3 is 23.7 Å². The third-order valence-electron chi connectivity index (χ3n) is 5.20. The molecule has 1 fully saturated rings. The van der Waals surface area contributed by atoms with E-state index in [4.69, 9.17) is 23.7 Å². The average molecular weight is 367 g/mol. The molecule has 0 radical (unpaired) electrons. The summed E-state index contributed by atoms with van der Waals surface area (Å²) in [7, 11) is 3.18. The van der Waals surface area contributed by atoms with Crippen molar-refractivity contribution in [3.05, 3.63) is 41.5 Å². The van der Waals surface area contributed by atoms with Crippen molar-refractivity contribution >= 4 is 17.4 Å². The largest absolute Gasteiger partial charge is 0.493 e. The van der Waals surface area contributed by atoms with Crippen molar-refractivity contribution in [3.8, 4) is 23.0 Å². The number of fused-ring (bicyclic) bond motifs is 3. The van der Waals surface area contributed by atoms with Gasteiger partial charge in [-0.3, -0.25) is 9.79 Å². The molecule has 0 spiro atoms. The Labute approximate surface area is 155 Å². The van der Waals surface area contributed by atoms with E-state index < -0.39 is 5.92 Å². The second-order valence-electron chi connectivity index (χ2n) is 6.54. The van der Waals surface area contributed by atoms with Crippen LogP contribution >= 0.6 is 0 Å². The molecule has 3 aliphatic heterocycles. The van der Waals surface area contributed by atoms with Gasteiger partial charge in [-0.2, -0.15) is 0 Å². The summed E-state index contributed by atoms with van der Waals surface area (Å²) in [6.07, 6.45) is 0. The Hall–Kier alpha value is -3.22. The molecule has 138 valence electrons. The van der Waals surface area contributed by atoms with Crippen molar-refractivity contribution in [2.45, 2.75) is 5.92 Å². The minimum Gasteiger partial charge on any atom is -0.493 e. The summed E-state index contributed by atoms with van der Waals surface area (Å²) in [6.45, 7) is 0.391. The van der Waals surface area contributed by atoms with E-state index in [-0.39, 0.29) is 25.3 Å². The molecule has 0 aromatic heterocycles. The Morgan fingerprint density at radius 3 is 2.52 bits per heavy atom. The monoisotopic (exact) mass is 367 g/mol. The molecule has 1 saturated heterocycles. The summed E-state index contributed by atoms with van der Waals surface area (Å²) in [6, 6.07) is 9.44. The van der Waals surface area contributed by atoms with E-state index >= 15 is 0 Å². The maximum absolute atomic E-state index is 12.5. The highest BCUT2D eigenvalue weighted by molar-refractivity contribution is 6.11. The lowest BCUT2D eigenvalue weighted by Crippen LogP contribution is -2.27. The first-order valence-corrected chi connectivity index (χ1v) is 8.59. The van der Waals surface area contributed by atoms with Crippen molar-refractivity contribution in [1.82, 2.24) is 0 Å². The van der Waals surface area contributed by atoms with Crippen LogP contribution in [0.15, 0.2) is 35.3 Å². The van der Waals surface area contributed by atoms with Crippen LogP contribution in [0, 0.1) is 5.92 Å². The highest BCUT2D eigenvalue weighted by Gasteiger charge is 2.45. The van der Waals surface area contributed by atoms with Crippen LogP contribution in [0.2, 0.25) is 0 Å². The number of rotatable bonds is 3. The van der Waals surface area contributed by atoms with Gasteiger partial charge in [0.2, 0.25) is 6.79 Å². The van der Waals surface area contributed by atoms with Crippen LogP contribution in [-0.2, 0) is 9.53 Å². The van der Waals surface area contributed by atoms with Gasteiger partial charge >= 0.3 is 5.97 Å². The van der Waals surface area contributed by atoms with Gasteiger partial charge in [-0.25, -0.2) is 0 Å². The highest BCUT2D eigenvalue weighted by atomic mass is 16.7. The third kappa shape index (κ3) is 2.34. The first-order chi connectivity index (χ1) is 13.2. The molecular formula is C20H17NO6. The van der Waals surface area contributed by atoms with Crippen LogP contribution in [0.25, 0.3) is 0 Å². The summed E-state index contributed by atoms with van der Waals surface area (Å²) in [5.74, 6) is 1.57. The highest BCUT2D eigenvalue weighted by Crippen LogP contribution is 2.50. The molecule has 3 heterocycles. The lowest BCUT2D eigenvalue weighted by molar-refractivity contribution is -0.141. The maximum Gasteiger partial charge on any atom is 0.316 e. The molecule has 0 bridgehead atoms. The van der Waals surface area contributed by atoms with E-state index in [9.17, 15) is 4.79 Å².